The molecule has 2 aliphatic carbocycles. The summed E-state index contributed by atoms with van der Waals surface area (Å²) < 4.78 is 22.1. The van der Waals surface area contributed by atoms with Gasteiger partial charge in [-0.15, -0.1) is 10.2 Å². The van der Waals surface area contributed by atoms with E-state index in [2.05, 4.69) is 27.0 Å². The van der Waals surface area contributed by atoms with Crippen LogP contribution in [0.4, 0.5) is 10.1 Å². The number of nitrogens with zero attached hydrogens (tertiary/aromatic N) is 3. The topological polar surface area (TPSA) is 69.0 Å². The summed E-state index contributed by atoms with van der Waals surface area (Å²) in [4.78, 5) is 12.4. The summed E-state index contributed by atoms with van der Waals surface area (Å²) in [5.41, 5.74) is 0.795. The predicted octanol–water partition coefficient (Wildman–Crippen LogP) is 6.11. The minimum absolute atomic E-state index is 0.0287. The number of para-hydroxylation sites is 2. The van der Waals surface area contributed by atoms with E-state index in [1.807, 2.05) is 30.3 Å². The van der Waals surface area contributed by atoms with Gasteiger partial charge in [0.1, 0.15) is 6.61 Å². The minimum atomic E-state index is -0.390. The van der Waals surface area contributed by atoms with Crippen LogP contribution in [-0.4, -0.2) is 26.4 Å². The van der Waals surface area contributed by atoms with Crippen molar-refractivity contribution in [3.8, 4) is 5.75 Å². The van der Waals surface area contributed by atoms with Gasteiger partial charge >= 0.3 is 0 Å². The number of hydrogen-bond acceptors (Lipinski definition) is 5. The Morgan fingerprint density at radius 1 is 1.14 bits per heavy atom. The normalized spacial score (nSPS) is 21.7. The zero-order chi connectivity index (χ0) is 24.2. The number of fused-ring (bicyclic) bond motifs is 2. The second-order valence-corrected chi connectivity index (χ2v) is 10.6. The number of aromatic nitrogens is 3. The first kappa shape index (κ1) is 23.9. The van der Waals surface area contributed by atoms with E-state index in [9.17, 15) is 9.18 Å². The number of carbonyl (C=O) groups is 1. The average Bonchev–Trinajstić information content (AvgIpc) is 3.60. The third kappa shape index (κ3) is 5.53. The lowest BCUT2D eigenvalue weighted by atomic mass is 9.84. The van der Waals surface area contributed by atoms with Gasteiger partial charge < -0.3 is 10.1 Å². The Morgan fingerprint density at radius 3 is 2.69 bits per heavy atom. The summed E-state index contributed by atoms with van der Waals surface area (Å²) in [7, 11) is 0. The Labute approximate surface area is 209 Å². The number of amides is 1. The smallest absolute Gasteiger partial charge is 0.225 e. The lowest BCUT2D eigenvalue weighted by Gasteiger charge is -2.30. The van der Waals surface area contributed by atoms with Gasteiger partial charge in [-0.2, -0.15) is 0 Å². The van der Waals surface area contributed by atoms with Crippen molar-refractivity contribution >= 4 is 23.4 Å². The largest absolute Gasteiger partial charge is 0.483 e. The third-order valence-corrected chi connectivity index (χ3v) is 8.31. The van der Waals surface area contributed by atoms with Crippen LogP contribution in [0, 0.1) is 23.6 Å². The molecule has 1 heterocycles. The van der Waals surface area contributed by atoms with Crippen molar-refractivity contribution in [2.45, 2.75) is 56.8 Å². The van der Waals surface area contributed by atoms with E-state index in [-0.39, 0.29) is 24.3 Å². The van der Waals surface area contributed by atoms with Crippen molar-refractivity contribution in [2.24, 2.45) is 17.8 Å². The molecule has 0 spiro atoms. The van der Waals surface area contributed by atoms with E-state index >= 15 is 0 Å². The molecule has 2 aromatic carbocycles. The fourth-order valence-corrected chi connectivity index (χ4v) is 6.65. The first-order chi connectivity index (χ1) is 17.1. The quantitative estimate of drug-likeness (QED) is 0.344. The maximum absolute atomic E-state index is 14.1. The van der Waals surface area contributed by atoms with E-state index in [0.717, 1.165) is 22.7 Å². The molecule has 2 bridgehead atoms. The second kappa shape index (κ2) is 10.8. The van der Waals surface area contributed by atoms with Crippen molar-refractivity contribution in [1.29, 1.82) is 0 Å². The summed E-state index contributed by atoms with van der Waals surface area (Å²) in [6.07, 6.45) is 5.57. The van der Waals surface area contributed by atoms with Crippen LogP contribution in [0.2, 0.25) is 0 Å². The van der Waals surface area contributed by atoms with Gasteiger partial charge in [-0.1, -0.05) is 48.5 Å². The molecule has 8 heteroatoms. The molecule has 1 aromatic heterocycles. The SMILES string of the molecule is CC(C1CC2CCC1C2)n1c(COc2ccccc2F)nnc1SCCC(=O)Nc1ccccc1. The van der Waals surface area contributed by atoms with Gasteiger partial charge in [0.25, 0.3) is 0 Å². The summed E-state index contributed by atoms with van der Waals surface area (Å²) in [5, 5.41) is 12.6. The number of hydrogen-bond donors (Lipinski definition) is 1. The predicted molar refractivity (Wildman–Crippen MR) is 135 cm³/mol. The second-order valence-electron chi connectivity index (χ2n) is 9.58. The van der Waals surface area contributed by atoms with Crippen LogP contribution < -0.4 is 10.1 Å². The highest BCUT2D eigenvalue weighted by Gasteiger charge is 2.43. The fraction of sp³-hybridized carbons (Fsp3) is 0.444. The zero-order valence-electron chi connectivity index (χ0n) is 19.9. The molecule has 2 aliphatic rings. The van der Waals surface area contributed by atoms with Crippen molar-refractivity contribution in [1.82, 2.24) is 14.8 Å². The van der Waals surface area contributed by atoms with Crippen molar-refractivity contribution in [2.75, 3.05) is 11.1 Å². The van der Waals surface area contributed by atoms with E-state index in [0.29, 0.717) is 23.9 Å². The molecule has 3 aromatic rings. The molecule has 0 radical (unpaired) electrons. The average molecular weight is 495 g/mol. The van der Waals surface area contributed by atoms with E-state index in [1.165, 1.54) is 43.5 Å². The van der Waals surface area contributed by atoms with Crippen LogP contribution >= 0.6 is 11.8 Å². The number of nitrogens with one attached hydrogen (secondary N) is 1. The summed E-state index contributed by atoms with van der Waals surface area (Å²) >= 11 is 1.54. The molecule has 0 saturated heterocycles. The van der Waals surface area contributed by atoms with E-state index in [4.69, 9.17) is 4.74 Å². The third-order valence-electron chi connectivity index (χ3n) is 7.37. The summed E-state index contributed by atoms with van der Waals surface area (Å²) in [5.74, 6) is 3.23. The van der Waals surface area contributed by atoms with Gasteiger partial charge in [0, 0.05) is 23.9 Å². The fourth-order valence-electron chi connectivity index (χ4n) is 5.67. The van der Waals surface area contributed by atoms with E-state index < -0.39 is 5.82 Å². The van der Waals surface area contributed by atoms with Crippen LogP contribution in [0.3, 0.4) is 0 Å². The van der Waals surface area contributed by atoms with Crippen LogP contribution in [0.15, 0.2) is 59.8 Å². The number of benzene rings is 2. The van der Waals surface area contributed by atoms with Gasteiger partial charge in [-0.3, -0.25) is 9.36 Å². The molecule has 35 heavy (non-hydrogen) atoms. The molecular formula is C27H31FN4O2S. The first-order valence-electron chi connectivity index (χ1n) is 12.4. The lowest BCUT2D eigenvalue weighted by Crippen LogP contribution is -2.24. The number of ether oxygens (including phenoxy) is 1. The monoisotopic (exact) mass is 494 g/mol. The van der Waals surface area contributed by atoms with Gasteiger partial charge in [0.2, 0.25) is 5.91 Å². The minimum Gasteiger partial charge on any atom is -0.483 e. The highest BCUT2D eigenvalue weighted by atomic mass is 32.2. The van der Waals surface area contributed by atoms with Gasteiger partial charge in [-0.25, -0.2) is 4.39 Å². The lowest BCUT2D eigenvalue weighted by molar-refractivity contribution is -0.115. The molecule has 5 rings (SSSR count). The standard InChI is InChI=1S/C27H31FN4O2S/c1-18(22-16-19-11-12-20(22)15-19)32-25(17-34-24-10-6-5-9-23(24)28)30-31-27(32)35-14-13-26(33)29-21-7-3-2-4-8-21/h2-10,18-20,22H,11-17H2,1H3,(H,29,33). The molecular weight excluding hydrogens is 463 g/mol. The molecule has 1 amide bonds. The maximum Gasteiger partial charge on any atom is 0.225 e. The molecule has 0 aliphatic heterocycles. The number of rotatable bonds is 10. The molecule has 184 valence electrons. The van der Waals surface area contributed by atoms with Crippen LogP contribution in [0.25, 0.3) is 0 Å². The van der Waals surface area contributed by atoms with Crippen molar-refractivity contribution < 1.29 is 13.9 Å². The summed E-state index contributed by atoms with van der Waals surface area (Å²) in [6, 6.07) is 16.1. The Morgan fingerprint density at radius 2 is 1.94 bits per heavy atom. The van der Waals surface area contributed by atoms with Crippen molar-refractivity contribution in [3.63, 3.8) is 0 Å². The van der Waals surface area contributed by atoms with Crippen LogP contribution in [0.5, 0.6) is 5.75 Å². The van der Waals surface area contributed by atoms with Gasteiger partial charge in [0.05, 0.1) is 0 Å². The highest BCUT2D eigenvalue weighted by molar-refractivity contribution is 7.99. The molecule has 6 nitrogen and oxygen atoms in total. The van der Waals surface area contributed by atoms with Crippen LogP contribution in [-0.2, 0) is 11.4 Å². The van der Waals surface area contributed by atoms with Crippen LogP contribution in [0.1, 0.15) is 50.9 Å². The molecule has 4 atom stereocenters. The van der Waals surface area contributed by atoms with E-state index in [1.54, 1.807) is 18.2 Å². The number of anilines is 1. The van der Waals surface area contributed by atoms with Gasteiger partial charge in [-0.05, 0) is 68.2 Å². The Hall–Kier alpha value is -2.87. The zero-order valence-corrected chi connectivity index (χ0v) is 20.7. The molecule has 1 N–H and O–H groups in total. The molecule has 2 fully saturated rings. The van der Waals surface area contributed by atoms with Crippen molar-refractivity contribution in [3.05, 3.63) is 66.2 Å². The molecule has 4 unspecified atom stereocenters. The first-order valence-corrected chi connectivity index (χ1v) is 13.4. The highest BCUT2D eigenvalue weighted by Crippen LogP contribution is 2.52. The maximum atomic E-state index is 14.1. The van der Waals surface area contributed by atoms with Gasteiger partial charge in [0.15, 0.2) is 22.5 Å². The summed E-state index contributed by atoms with van der Waals surface area (Å²) in [6.45, 7) is 2.39. The number of halogens is 1. The number of thioether (sulfide) groups is 1. The molecule has 2 saturated carbocycles. The Balaban J connectivity index is 1.28. The Kier molecular flexibility index (Phi) is 7.37. The Bertz CT molecular complexity index is 1160. The number of carbonyl (C=O) groups excluding carboxylic acids is 1.